The second-order valence-electron chi connectivity index (χ2n) is 3.65. The van der Waals surface area contributed by atoms with Crippen LogP contribution in [0.3, 0.4) is 0 Å². The fourth-order valence-corrected chi connectivity index (χ4v) is 1.71. The zero-order chi connectivity index (χ0) is 12.1. The number of carbonyl (C=O) groups excluding carboxylic acids is 1. The lowest BCUT2D eigenvalue weighted by molar-refractivity contribution is 0.0524. The van der Waals surface area contributed by atoms with Crippen LogP contribution in [0.1, 0.15) is 48.1 Å². The van der Waals surface area contributed by atoms with Crippen LogP contribution in [0, 0.1) is 6.92 Å². The smallest absolute Gasteiger partial charge is 0.339 e. The van der Waals surface area contributed by atoms with E-state index in [1.54, 1.807) is 0 Å². The summed E-state index contributed by atoms with van der Waals surface area (Å²) in [7, 11) is 0. The van der Waals surface area contributed by atoms with Crippen LogP contribution in [-0.2, 0) is 17.6 Å². The number of rotatable bonds is 4. The van der Waals surface area contributed by atoms with Gasteiger partial charge in [-0.15, -0.1) is 0 Å². The molecule has 88 valence electrons. The van der Waals surface area contributed by atoms with Crippen molar-refractivity contribution in [2.24, 2.45) is 0 Å². The summed E-state index contributed by atoms with van der Waals surface area (Å²) in [6, 6.07) is 1.92. The lowest BCUT2D eigenvalue weighted by Gasteiger charge is -2.10. The molecule has 0 atom stereocenters. The number of aryl methyl sites for hydroxylation is 3. The standard InChI is InChI=1S/C13H19NO2/c1-5-10-8-11(13(15)16-7-3)12(6-2)14-9(10)4/h8H,5-7H2,1-4H3. The Morgan fingerprint density at radius 3 is 2.50 bits per heavy atom. The minimum Gasteiger partial charge on any atom is -0.462 e. The molecule has 1 heterocycles. The molecule has 0 bridgehead atoms. The molecule has 0 spiro atoms. The molecule has 3 nitrogen and oxygen atoms in total. The number of esters is 1. The van der Waals surface area contributed by atoms with E-state index in [1.165, 1.54) is 0 Å². The molecule has 0 aliphatic carbocycles. The van der Waals surface area contributed by atoms with Crippen molar-refractivity contribution in [3.05, 3.63) is 28.6 Å². The topological polar surface area (TPSA) is 39.2 Å². The predicted molar refractivity (Wildman–Crippen MR) is 63.7 cm³/mol. The summed E-state index contributed by atoms with van der Waals surface area (Å²) < 4.78 is 5.03. The third kappa shape index (κ3) is 2.60. The van der Waals surface area contributed by atoms with E-state index in [0.717, 1.165) is 29.8 Å². The van der Waals surface area contributed by atoms with Gasteiger partial charge in [-0.25, -0.2) is 4.79 Å². The van der Waals surface area contributed by atoms with Gasteiger partial charge in [0.15, 0.2) is 0 Å². The largest absolute Gasteiger partial charge is 0.462 e. The highest BCUT2D eigenvalue weighted by Crippen LogP contribution is 2.15. The number of pyridine rings is 1. The first-order valence-corrected chi connectivity index (χ1v) is 5.80. The molecular weight excluding hydrogens is 202 g/mol. The summed E-state index contributed by atoms with van der Waals surface area (Å²) in [5.41, 5.74) is 3.56. The lowest BCUT2D eigenvalue weighted by Crippen LogP contribution is -2.11. The Kier molecular flexibility index (Phi) is 4.47. The maximum Gasteiger partial charge on any atom is 0.339 e. The van der Waals surface area contributed by atoms with Crippen LogP contribution in [0.25, 0.3) is 0 Å². The quantitative estimate of drug-likeness (QED) is 0.734. The highest BCUT2D eigenvalue weighted by molar-refractivity contribution is 5.90. The average Bonchev–Trinajstić information content (AvgIpc) is 2.28. The predicted octanol–water partition coefficient (Wildman–Crippen LogP) is 2.69. The first kappa shape index (κ1) is 12.7. The van der Waals surface area contributed by atoms with Gasteiger partial charge in [0.2, 0.25) is 0 Å². The Labute approximate surface area is 96.8 Å². The van der Waals surface area contributed by atoms with Crippen molar-refractivity contribution in [2.45, 2.75) is 40.5 Å². The van der Waals surface area contributed by atoms with E-state index >= 15 is 0 Å². The van der Waals surface area contributed by atoms with Crippen LogP contribution < -0.4 is 0 Å². The van der Waals surface area contributed by atoms with Gasteiger partial charge in [-0.05, 0) is 38.3 Å². The summed E-state index contributed by atoms with van der Waals surface area (Å²) >= 11 is 0. The second kappa shape index (κ2) is 5.64. The van der Waals surface area contributed by atoms with Gasteiger partial charge in [0, 0.05) is 5.69 Å². The van der Waals surface area contributed by atoms with Crippen molar-refractivity contribution < 1.29 is 9.53 Å². The van der Waals surface area contributed by atoms with E-state index < -0.39 is 0 Å². The summed E-state index contributed by atoms with van der Waals surface area (Å²) in [6.07, 6.45) is 1.63. The maximum atomic E-state index is 11.7. The minimum absolute atomic E-state index is 0.262. The van der Waals surface area contributed by atoms with E-state index in [9.17, 15) is 4.79 Å². The van der Waals surface area contributed by atoms with Gasteiger partial charge in [-0.3, -0.25) is 4.98 Å². The van der Waals surface area contributed by atoms with E-state index in [1.807, 2.05) is 26.8 Å². The molecule has 0 saturated carbocycles. The highest BCUT2D eigenvalue weighted by atomic mass is 16.5. The molecule has 0 radical (unpaired) electrons. The van der Waals surface area contributed by atoms with Crippen molar-refractivity contribution in [1.29, 1.82) is 0 Å². The summed E-state index contributed by atoms with van der Waals surface area (Å²) in [6.45, 7) is 8.25. The molecule has 1 aromatic rings. The van der Waals surface area contributed by atoms with E-state index in [-0.39, 0.29) is 5.97 Å². The average molecular weight is 221 g/mol. The number of carbonyl (C=O) groups is 1. The number of ether oxygens (including phenoxy) is 1. The molecule has 0 amide bonds. The highest BCUT2D eigenvalue weighted by Gasteiger charge is 2.14. The van der Waals surface area contributed by atoms with Crippen molar-refractivity contribution in [3.8, 4) is 0 Å². The fourth-order valence-electron chi connectivity index (χ4n) is 1.71. The number of aromatic nitrogens is 1. The molecular formula is C13H19NO2. The van der Waals surface area contributed by atoms with Crippen molar-refractivity contribution >= 4 is 5.97 Å². The zero-order valence-electron chi connectivity index (χ0n) is 10.5. The first-order valence-electron chi connectivity index (χ1n) is 5.80. The normalized spacial score (nSPS) is 10.2. The van der Waals surface area contributed by atoms with Gasteiger partial charge in [-0.2, -0.15) is 0 Å². The van der Waals surface area contributed by atoms with Gasteiger partial charge < -0.3 is 4.74 Å². The van der Waals surface area contributed by atoms with Crippen LogP contribution in [-0.4, -0.2) is 17.6 Å². The molecule has 1 aromatic heterocycles. The molecule has 3 heteroatoms. The zero-order valence-corrected chi connectivity index (χ0v) is 10.5. The molecule has 0 aromatic carbocycles. The van der Waals surface area contributed by atoms with Crippen LogP contribution in [0.15, 0.2) is 6.07 Å². The Morgan fingerprint density at radius 1 is 1.31 bits per heavy atom. The van der Waals surface area contributed by atoms with Gasteiger partial charge >= 0.3 is 5.97 Å². The summed E-state index contributed by atoms with van der Waals surface area (Å²) in [5, 5.41) is 0. The van der Waals surface area contributed by atoms with Crippen molar-refractivity contribution in [1.82, 2.24) is 4.98 Å². The van der Waals surface area contributed by atoms with Crippen LogP contribution in [0.5, 0.6) is 0 Å². The number of hydrogen-bond acceptors (Lipinski definition) is 3. The van der Waals surface area contributed by atoms with Crippen LogP contribution in [0.4, 0.5) is 0 Å². The first-order chi connectivity index (χ1) is 7.63. The van der Waals surface area contributed by atoms with Crippen molar-refractivity contribution in [2.75, 3.05) is 6.61 Å². The molecule has 16 heavy (non-hydrogen) atoms. The van der Waals surface area contributed by atoms with Crippen LogP contribution >= 0.6 is 0 Å². The number of hydrogen-bond donors (Lipinski definition) is 0. The lowest BCUT2D eigenvalue weighted by atomic mass is 10.0. The molecule has 0 unspecified atom stereocenters. The third-order valence-electron chi connectivity index (χ3n) is 2.61. The summed E-state index contributed by atoms with van der Waals surface area (Å²) in [5.74, 6) is -0.262. The van der Waals surface area contributed by atoms with Gasteiger partial charge in [0.25, 0.3) is 0 Å². The van der Waals surface area contributed by atoms with E-state index in [2.05, 4.69) is 11.9 Å². The Balaban J connectivity index is 3.19. The molecule has 0 N–H and O–H groups in total. The summed E-state index contributed by atoms with van der Waals surface area (Å²) in [4.78, 5) is 16.2. The van der Waals surface area contributed by atoms with E-state index in [4.69, 9.17) is 4.74 Å². The molecule has 0 aliphatic heterocycles. The SMILES string of the molecule is CCOC(=O)c1cc(CC)c(C)nc1CC. The molecule has 1 rings (SSSR count). The van der Waals surface area contributed by atoms with Gasteiger partial charge in [0.05, 0.1) is 17.9 Å². The van der Waals surface area contributed by atoms with E-state index in [0.29, 0.717) is 12.2 Å². The molecule has 0 fully saturated rings. The third-order valence-corrected chi connectivity index (χ3v) is 2.61. The Morgan fingerprint density at radius 2 is 2.00 bits per heavy atom. The van der Waals surface area contributed by atoms with Crippen molar-refractivity contribution in [3.63, 3.8) is 0 Å². The Hall–Kier alpha value is -1.38. The minimum atomic E-state index is -0.262. The fraction of sp³-hybridized carbons (Fsp3) is 0.538. The second-order valence-corrected chi connectivity index (χ2v) is 3.65. The van der Waals surface area contributed by atoms with Crippen LogP contribution in [0.2, 0.25) is 0 Å². The van der Waals surface area contributed by atoms with Gasteiger partial charge in [-0.1, -0.05) is 13.8 Å². The molecule has 0 saturated heterocycles. The number of nitrogens with zero attached hydrogens (tertiary/aromatic N) is 1. The maximum absolute atomic E-state index is 11.7. The molecule has 0 aliphatic rings. The Bertz CT molecular complexity index is 386. The monoisotopic (exact) mass is 221 g/mol. The van der Waals surface area contributed by atoms with Gasteiger partial charge in [0.1, 0.15) is 0 Å².